The number of rotatable bonds is 4. The van der Waals surface area contributed by atoms with Crippen molar-refractivity contribution in [3.05, 3.63) is 22.6 Å². The first-order chi connectivity index (χ1) is 7.81. The van der Waals surface area contributed by atoms with Crippen molar-refractivity contribution in [2.75, 3.05) is 13.7 Å². The van der Waals surface area contributed by atoms with Crippen molar-refractivity contribution in [3.8, 4) is 0 Å². The van der Waals surface area contributed by atoms with Crippen LogP contribution < -0.4 is 5.32 Å². The fourth-order valence-electron chi connectivity index (χ4n) is 2.17. The van der Waals surface area contributed by atoms with Crippen LogP contribution in [0.2, 0.25) is 0 Å². The van der Waals surface area contributed by atoms with Gasteiger partial charge in [-0.15, -0.1) is 0 Å². The van der Waals surface area contributed by atoms with Crippen LogP contribution in [0.15, 0.2) is 21.2 Å². The summed E-state index contributed by atoms with van der Waals surface area (Å²) in [6, 6.07) is 2.16. The summed E-state index contributed by atoms with van der Waals surface area (Å²) in [6.45, 7) is 0.903. The summed E-state index contributed by atoms with van der Waals surface area (Å²) >= 11 is 3.50. The van der Waals surface area contributed by atoms with Crippen LogP contribution in [-0.2, 0) is 4.74 Å². The zero-order valence-corrected chi connectivity index (χ0v) is 11.1. The molecular weight excluding hydrogens is 270 g/mol. The van der Waals surface area contributed by atoms with Crippen molar-refractivity contribution < 1.29 is 9.15 Å². The Morgan fingerprint density at radius 3 is 3.00 bits per heavy atom. The Morgan fingerprint density at radius 1 is 1.56 bits per heavy atom. The Balaban J connectivity index is 1.97. The van der Waals surface area contributed by atoms with Gasteiger partial charge in [0.05, 0.1) is 22.9 Å². The average molecular weight is 288 g/mol. The summed E-state index contributed by atoms with van der Waals surface area (Å²) in [4.78, 5) is 0. The van der Waals surface area contributed by atoms with E-state index in [0.717, 1.165) is 29.7 Å². The van der Waals surface area contributed by atoms with E-state index in [9.17, 15) is 0 Å². The van der Waals surface area contributed by atoms with Gasteiger partial charge >= 0.3 is 0 Å². The van der Waals surface area contributed by atoms with Gasteiger partial charge in [0.2, 0.25) is 0 Å². The van der Waals surface area contributed by atoms with Gasteiger partial charge in [-0.25, -0.2) is 0 Å². The molecule has 1 fully saturated rings. The smallest absolute Gasteiger partial charge is 0.134 e. The molecule has 1 aliphatic heterocycles. The Kier molecular flexibility index (Phi) is 4.44. The Bertz CT molecular complexity index is 321. The number of hydrogen-bond acceptors (Lipinski definition) is 3. The lowest BCUT2D eigenvalue weighted by molar-refractivity contribution is 0.00415. The predicted octanol–water partition coefficient (Wildman–Crippen LogP) is 3.26. The molecule has 0 aromatic carbocycles. The zero-order chi connectivity index (χ0) is 11.4. The van der Waals surface area contributed by atoms with Crippen molar-refractivity contribution in [3.63, 3.8) is 0 Å². The lowest BCUT2D eigenvalue weighted by Gasteiger charge is -2.26. The first-order valence-electron chi connectivity index (χ1n) is 5.83. The fourth-order valence-corrected chi connectivity index (χ4v) is 2.64. The largest absolute Gasteiger partial charge is 0.466 e. The number of hydrogen-bond donors (Lipinski definition) is 1. The van der Waals surface area contributed by atoms with Gasteiger partial charge < -0.3 is 14.5 Å². The summed E-state index contributed by atoms with van der Waals surface area (Å²) < 4.78 is 12.3. The third kappa shape index (κ3) is 2.87. The van der Waals surface area contributed by atoms with Crippen LogP contribution in [0.4, 0.5) is 0 Å². The molecule has 16 heavy (non-hydrogen) atoms. The summed E-state index contributed by atoms with van der Waals surface area (Å²) in [7, 11) is 1.96. The summed E-state index contributed by atoms with van der Waals surface area (Å²) in [5, 5.41) is 3.29. The highest BCUT2D eigenvalue weighted by Gasteiger charge is 2.23. The summed E-state index contributed by atoms with van der Waals surface area (Å²) in [6.07, 6.45) is 6.69. The van der Waals surface area contributed by atoms with E-state index in [-0.39, 0.29) is 6.04 Å². The van der Waals surface area contributed by atoms with Gasteiger partial charge in [-0.3, -0.25) is 0 Å². The quantitative estimate of drug-likeness (QED) is 0.923. The lowest BCUT2D eigenvalue weighted by Crippen LogP contribution is -2.26. The third-order valence-electron chi connectivity index (χ3n) is 3.08. The first-order valence-corrected chi connectivity index (χ1v) is 6.62. The molecule has 1 aromatic heterocycles. The minimum absolute atomic E-state index is 0.229. The molecule has 0 radical (unpaired) electrons. The summed E-state index contributed by atoms with van der Waals surface area (Å²) in [5.74, 6) is 0.969. The van der Waals surface area contributed by atoms with E-state index >= 15 is 0 Å². The molecule has 0 bridgehead atoms. The molecule has 2 unspecified atom stereocenters. The lowest BCUT2D eigenvalue weighted by atomic mass is 10.0. The Morgan fingerprint density at radius 2 is 2.44 bits per heavy atom. The van der Waals surface area contributed by atoms with E-state index in [1.807, 2.05) is 13.1 Å². The fraction of sp³-hybridized carbons (Fsp3) is 0.667. The highest BCUT2D eigenvalue weighted by Crippen LogP contribution is 2.29. The van der Waals surface area contributed by atoms with Crippen molar-refractivity contribution in [2.45, 2.75) is 37.8 Å². The Labute approximate surface area is 105 Å². The molecule has 90 valence electrons. The number of furan rings is 1. The maximum Gasteiger partial charge on any atom is 0.134 e. The number of ether oxygens (including phenoxy) is 1. The van der Waals surface area contributed by atoms with E-state index in [1.165, 1.54) is 12.8 Å². The van der Waals surface area contributed by atoms with Gasteiger partial charge in [-0.2, -0.15) is 0 Å². The van der Waals surface area contributed by atoms with Gasteiger partial charge in [0, 0.05) is 6.61 Å². The van der Waals surface area contributed by atoms with Crippen molar-refractivity contribution >= 4 is 15.9 Å². The molecule has 2 atom stereocenters. The zero-order valence-electron chi connectivity index (χ0n) is 9.54. The predicted molar refractivity (Wildman–Crippen MR) is 66.4 cm³/mol. The monoisotopic (exact) mass is 287 g/mol. The molecule has 4 heteroatoms. The first kappa shape index (κ1) is 12.1. The number of nitrogens with one attached hydrogen (secondary N) is 1. The van der Waals surface area contributed by atoms with Gasteiger partial charge in [-0.05, 0) is 54.7 Å². The Hall–Kier alpha value is -0.320. The van der Waals surface area contributed by atoms with Crippen LogP contribution in [0, 0.1) is 0 Å². The van der Waals surface area contributed by atoms with E-state index in [2.05, 4.69) is 21.2 Å². The van der Waals surface area contributed by atoms with Crippen LogP contribution in [0.3, 0.4) is 0 Å². The highest BCUT2D eigenvalue weighted by molar-refractivity contribution is 9.10. The molecule has 2 heterocycles. The molecule has 2 rings (SSSR count). The maximum absolute atomic E-state index is 5.75. The second-order valence-corrected chi connectivity index (χ2v) is 5.05. The van der Waals surface area contributed by atoms with Crippen LogP contribution in [0.5, 0.6) is 0 Å². The molecule has 1 aliphatic rings. The second kappa shape index (κ2) is 5.84. The van der Waals surface area contributed by atoms with Gasteiger partial charge in [0.15, 0.2) is 0 Å². The normalized spacial score (nSPS) is 23.2. The highest BCUT2D eigenvalue weighted by atomic mass is 79.9. The van der Waals surface area contributed by atoms with Crippen LogP contribution in [0.1, 0.15) is 37.5 Å². The van der Waals surface area contributed by atoms with E-state index < -0.39 is 0 Å². The average Bonchev–Trinajstić information content (AvgIpc) is 2.74. The number of halogens is 1. The minimum Gasteiger partial charge on any atom is -0.466 e. The van der Waals surface area contributed by atoms with Crippen LogP contribution >= 0.6 is 15.9 Å². The van der Waals surface area contributed by atoms with Gasteiger partial charge in [0.25, 0.3) is 0 Å². The molecule has 0 saturated carbocycles. The SMILES string of the molecule is CNC(CC1CCCCO1)c1occc1Br. The minimum atomic E-state index is 0.229. The van der Waals surface area contributed by atoms with Crippen molar-refractivity contribution in [2.24, 2.45) is 0 Å². The molecule has 0 amide bonds. The third-order valence-corrected chi connectivity index (χ3v) is 3.74. The molecule has 1 aromatic rings. The molecular formula is C12H18BrNO2. The second-order valence-electron chi connectivity index (χ2n) is 4.20. The van der Waals surface area contributed by atoms with Crippen LogP contribution in [-0.4, -0.2) is 19.8 Å². The van der Waals surface area contributed by atoms with E-state index in [0.29, 0.717) is 6.10 Å². The molecule has 0 aliphatic carbocycles. The van der Waals surface area contributed by atoms with Crippen LogP contribution in [0.25, 0.3) is 0 Å². The summed E-state index contributed by atoms with van der Waals surface area (Å²) in [5.41, 5.74) is 0. The van der Waals surface area contributed by atoms with Crippen molar-refractivity contribution in [1.82, 2.24) is 5.32 Å². The maximum atomic E-state index is 5.75. The topological polar surface area (TPSA) is 34.4 Å². The molecule has 3 nitrogen and oxygen atoms in total. The van der Waals surface area contributed by atoms with E-state index in [1.54, 1.807) is 6.26 Å². The van der Waals surface area contributed by atoms with Gasteiger partial charge in [-0.1, -0.05) is 0 Å². The standard InChI is InChI=1S/C12H18BrNO2/c1-14-11(12-10(13)5-7-16-12)8-9-4-2-3-6-15-9/h5,7,9,11,14H,2-4,6,8H2,1H3. The molecule has 1 N–H and O–H groups in total. The van der Waals surface area contributed by atoms with Gasteiger partial charge in [0.1, 0.15) is 5.76 Å². The molecule has 0 spiro atoms. The molecule has 1 saturated heterocycles. The van der Waals surface area contributed by atoms with E-state index in [4.69, 9.17) is 9.15 Å². The van der Waals surface area contributed by atoms with Crippen molar-refractivity contribution in [1.29, 1.82) is 0 Å².